The predicted octanol–water partition coefficient (Wildman–Crippen LogP) is 4.81. The van der Waals surface area contributed by atoms with Crippen molar-refractivity contribution in [1.29, 1.82) is 0 Å². The largest absolute Gasteiger partial charge is 0.439 e. The Kier molecular flexibility index (Phi) is 6.89. The van der Waals surface area contributed by atoms with Crippen LogP contribution in [0.5, 0.6) is 11.6 Å². The molecule has 2 aromatic carbocycles. The molecule has 3 aromatic rings. The molecule has 0 aliphatic carbocycles. The van der Waals surface area contributed by atoms with Crippen LogP contribution >= 0.6 is 15.9 Å². The molecule has 30 heavy (non-hydrogen) atoms. The number of amides is 1. The van der Waals surface area contributed by atoms with Gasteiger partial charge in [0.2, 0.25) is 11.8 Å². The molecule has 1 aromatic heterocycles. The average Bonchev–Trinajstić information content (AvgIpc) is 2.65. The van der Waals surface area contributed by atoms with Crippen LogP contribution in [0.15, 0.2) is 65.3 Å². The van der Waals surface area contributed by atoms with Gasteiger partial charge in [-0.05, 0) is 60.9 Å². The van der Waals surface area contributed by atoms with E-state index in [0.29, 0.717) is 22.9 Å². The van der Waals surface area contributed by atoms with Gasteiger partial charge < -0.3 is 10.1 Å². The van der Waals surface area contributed by atoms with Crippen molar-refractivity contribution in [3.05, 3.63) is 82.0 Å². The zero-order chi connectivity index (χ0) is 21.7. The summed E-state index contributed by atoms with van der Waals surface area (Å²) in [5.41, 5.74) is 3.29. The molecule has 0 bridgehead atoms. The number of nitrogens with zero attached hydrogens (tertiary/aromatic N) is 1. The lowest BCUT2D eigenvalue weighted by Crippen LogP contribution is -2.24. The molecule has 0 unspecified atom stereocenters. The molecule has 1 heterocycles. The van der Waals surface area contributed by atoms with Crippen molar-refractivity contribution in [3.63, 3.8) is 0 Å². The molecule has 0 aliphatic rings. The fourth-order valence-corrected chi connectivity index (χ4v) is 4.45. The number of benzene rings is 2. The van der Waals surface area contributed by atoms with E-state index in [-0.39, 0.29) is 5.75 Å². The second-order valence-corrected chi connectivity index (χ2v) is 9.92. The Labute approximate surface area is 184 Å². The van der Waals surface area contributed by atoms with Crippen molar-refractivity contribution >= 4 is 37.4 Å². The van der Waals surface area contributed by atoms with Crippen LogP contribution in [0.2, 0.25) is 0 Å². The fraction of sp³-hybridized carbons (Fsp3) is 0.182. The molecule has 0 saturated heterocycles. The Balaban J connectivity index is 1.57. The number of aromatic nitrogens is 1. The fourth-order valence-electron chi connectivity index (χ4n) is 2.74. The molecular weight excluding hydrogens is 468 g/mol. The first-order valence-electron chi connectivity index (χ1n) is 9.16. The van der Waals surface area contributed by atoms with E-state index in [1.165, 1.54) is 11.8 Å². The van der Waals surface area contributed by atoms with Gasteiger partial charge in [-0.15, -0.1) is 0 Å². The quantitative estimate of drug-likeness (QED) is 0.515. The SMILES string of the molecule is Cc1ccc(Oc2ccc(NC(=O)CS(=O)(=O)Cc3cccc(Br)c3)cn2)cc1C. The molecule has 1 amide bonds. The lowest BCUT2D eigenvalue weighted by atomic mass is 10.1. The third kappa shape index (κ3) is 6.40. The molecule has 3 rings (SSSR count). The lowest BCUT2D eigenvalue weighted by molar-refractivity contribution is -0.113. The number of sulfone groups is 1. The first-order chi connectivity index (χ1) is 14.2. The van der Waals surface area contributed by atoms with E-state index < -0.39 is 21.5 Å². The van der Waals surface area contributed by atoms with Gasteiger partial charge >= 0.3 is 0 Å². The number of carbonyl (C=O) groups is 1. The highest BCUT2D eigenvalue weighted by Crippen LogP contribution is 2.23. The zero-order valence-corrected chi connectivity index (χ0v) is 19.0. The summed E-state index contributed by atoms with van der Waals surface area (Å²) in [5.74, 6) is -0.393. The molecule has 1 N–H and O–H groups in total. The Bertz CT molecular complexity index is 1160. The van der Waals surface area contributed by atoms with Crippen molar-refractivity contribution in [2.75, 3.05) is 11.1 Å². The van der Waals surface area contributed by atoms with Gasteiger partial charge in [-0.1, -0.05) is 34.1 Å². The van der Waals surface area contributed by atoms with Crippen LogP contribution in [0, 0.1) is 13.8 Å². The Morgan fingerprint density at radius 3 is 2.53 bits per heavy atom. The number of aryl methyl sites for hydroxylation is 2. The number of halogens is 1. The van der Waals surface area contributed by atoms with Crippen LogP contribution in [0.1, 0.15) is 16.7 Å². The normalized spacial score (nSPS) is 11.2. The van der Waals surface area contributed by atoms with E-state index >= 15 is 0 Å². The maximum Gasteiger partial charge on any atom is 0.239 e. The van der Waals surface area contributed by atoms with E-state index in [4.69, 9.17) is 4.74 Å². The molecule has 0 radical (unpaired) electrons. The van der Waals surface area contributed by atoms with Gasteiger partial charge in [0.25, 0.3) is 0 Å². The highest BCUT2D eigenvalue weighted by atomic mass is 79.9. The van der Waals surface area contributed by atoms with Gasteiger partial charge in [0.15, 0.2) is 9.84 Å². The average molecular weight is 489 g/mol. The third-order valence-electron chi connectivity index (χ3n) is 4.35. The highest BCUT2D eigenvalue weighted by molar-refractivity contribution is 9.10. The minimum absolute atomic E-state index is 0.207. The zero-order valence-electron chi connectivity index (χ0n) is 16.6. The van der Waals surface area contributed by atoms with Crippen LogP contribution < -0.4 is 10.1 Å². The van der Waals surface area contributed by atoms with Crippen molar-refractivity contribution in [2.24, 2.45) is 0 Å². The van der Waals surface area contributed by atoms with Gasteiger partial charge in [-0.3, -0.25) is 4.79 Å². The number of anilines is 1. The van der Waals surface area contributed by atoms with E-state index in [2.05, 4.69) is 26.2 Å². The summed E-state index contributed by atoms with van der Waals surface area (Å²) in [6, 6.07) is 16.0. The Morgan fingerprint density at radius 2 is 1.87 bits per heavy atom. The molecule has 156 valence electrons. The summed E-state index contributed by atoms with van der Waals surface area (Å²) in [4.78, 5) is 16.3. The molecular formula is C22H21BrN2O4S. The van der Waals surface area contributed by atoms with Crippen molar-refractivity contribution in [2.45, 2.75) is 19.6 Å². The highest BCUT2D eigenvalue weighted by Gasteiger charge is 2.18. The van der Waals surface area contributed by atoms with E-state index in [9.17, 15) is 13.2 Å². The summed E-state index contributed by atoms with van der Waals surface area (Å²) in [6.07, 6.45) is 1.43. The van der Waals surface area contributed by atoms with E-state index in [1.807, 2.05) is 38.1 Å². The monoisotopic (exact) mass is 488 g/mol. The molecule has 0 aliphatic heterocycles. The van der Waals surface area contributed by atoms with Crippen LogP contribution in [0.3, 0.4) is 0 Å². The summed E-state index contributed by atoms with van der Waals surface area (Å²) >= 11 is 3.31. The number of ether oxygens (including phenoxy) is 1. The number of rotatable bonds is 7. The van der Waals surface area contributed by atoms with Gasteiger partial charge in [0, 0.05) is 10.5 Å². The smallest absolute Gasteiger partial charge is 0.239 e. The van der Waals surface area contributed by atoms with Crippen LogP contribution in [0.25, 0.3) is 0 Å². The maximum absolute atomic E-state index is 12.3. The molecule has 0 atom stereocenters. The molecule has 0 saturated carbocycles. The Hall–Kier alpha value is -2.71. The van der Waals surface area contributed by atoms with E-state index in [0.717, 1.165) is 10.0 Å². The minimum Gasteiger partial charge on any atom is -0.439 e. The summed E-state index contributed by atoms with van der Waals surface area (Å²) in [5, 5.41) is 2.56. The summed E-state index contributed by atoms with van der Waals surface area (Å²) in [7, 11) is -3.61. The lowest BCUT2D eigenvalue weighted by Gasteiger charge is -2.09. The second-order valence-electron chi connectivity index (χ2n) is 6.94. The predicted molar refractivity (Wildman–Crippen MR) is 120 cm³/mol. The number of nitrogens with one attached hydrogen (secondary N) is 1. The van der Waals surface area contributed by atoms with Crippen molar-refractivity contribution in [1.82, 2.24) is 4.98 Å². The van der Waals surface area contributed by atoms with Gasteiger partial charge in [-0.25, -0.2) is 13.4 Å². The standard InChI is InChI=1S/C22H21BrN2O4S/c1-15-6-8-20(10-16(15)2)29-22-9-7-19(12-24-22)25-21(26)14-30(27,28)13-17-4-3-5-18(23)11-17/h3-12H,13-14H2,1-2H3,(H,25,26). The number of carbonyl (C=O) groups excluding carboxylic acids is 1. The van der Waals surface area contributed by atoms with Gasteiger partial charge in [-0.2, -0.15) is 0 Å². The first kappa shape index (κ1) is 22.0. The van der Waals surface area contributed by atoms with Crippen LogP contribution in [0.4, 0.5) is 5.69 Å². The third-order valence-corrected chi connectivity index (χ3v) is 6.32. The van der Waals surface area contributed by atoms with Crippen molar-refractivity contribution in [3.8, 4) is 11.6 Å². The maximum atomic E-state index is 12.3. The topological polar surface area (TPSA) is 85.4 Å². The van der Waals surface area contributed by atoms with Gasteiger partial charge in [0.05, 0.1) is 17.6 Å². The number of hydrogen-bond acceptors (Lipinski definition) is 5. The molecule has 0 fully saturated rings. The molecule has 0 spiro atoms. The molecule has 6 nitrogen and oxygen atoms in total. The second kappa shape index (κ2) is 9.40. The number of hydrogen-bond donors (Lipinski definition) is 1. The minimum atomic E-state index is -3.61. The van der Waals surface area contributed by atoms with Gasteiger partial charge in [0.1, 0.15) is 11.5 Å². The molecule has 8 heteroatoms. The summed E-state index contributed by atoms with van der Waals surface area (Å²) < 4.78 is 31.1. The van der Waals surface area contributed by atoms with E-state index in [1.54, 1.807) is 30.3 Å². The van der Waals surface area contributed by atoms with Crippen LogP contribution in [-0.4, -0.2) is 25.1 Å². The van der Waals surface area contributed by atoms with Crippen LogP contribution in [-0.2, 0) is 20.4 Å². The summed E-state index contributed by atoms with van der Waals surface area (Å²) in [6.45, 7) is 4.02. The first-order valence-corrected chi connectivity index (χ1v) is 11.8. The Morgan fingerprint density at radius 1 is 1.07 bits per heavy atom. The number of pyridine rings is 1. The van der Waals surface area contributed by atoms with Crippen molar-refractivity contribution < 1.29 is 17.9 Å².